The molecular weight excluding hydrogens is 437 g/mol. The summed E-state index contributed by atoms with van der Waals surface area (Å²) in [7, 11) is 0. The fourth-order valence-corrected chi connectivity index (χ4v) is 3.48. The summed E-state index contributed by atoms with van der Waals surface area (Å²) in [6, 6.07) is 11.8. The fourth-order valence-electron chi connectivity index (χ4n) is 3.10. The lowest BCUT2D eigenvalue weighted by molar-refractivity contribution is -0.129. The first-order valence-electron chi connectivity index (χ1n) is 8.34. The van der Waals surface area contributed by atoms with E-state index in [0.717, 1.165) is 10.0 Å². The Labute approximate surface area is 168 Å². The van der Waals surface area contributed by atoms with Crippen molar-refractivity contribution >= 4 is 33.4 Å². The number of likely N-dealkylation sites (tertiary alicyclic amines) is 1. The number of hydrogen-bond acceptors (Lipinski definition) is 4. The van der Waals surface area contributed by atoms with Crippen LogP contribution in [0.2, 0.25) is 5.02 Å². The van der Waals surface area contributed by atoms with Crippen molar-refractivity contribution < 1.29 is 13.7 Å². The van der Waals surface area contributed by atoms with Gasteiger partial charge in [-0.1, -0.05) is 44.8 Å². The van der Waals surface area contributed by atoms with E-state index in [1.54, 1.807) is 11.0 Å². The highest BCUT2D eigenvalue weighted by molar-refractivity contribution is 9.10. The van der Waals surface area contributed by atoms with Gasteiger partial charge in [-0.05, 0) is 42.3 Å². The second-order valence-corrected chi connectivity index (χ2v) is 7.61. The van der Waals surface area contributed by atoms with E-state index >= 15 is 0 Å². The molecule has 0 radical (unpaired) electrons. The summed E-state index contributed by atoms with van der Waals surface area (Å²) in [4.78, 5) is 18.5. The maximum Gasteiger partial charge on any atom is 0.249 e. The van der Waals surface area contributed by atoms with Crippen LogP contribution < -0.4 is 0 Å². The van der Waals surface area contributed by atoms with Crippen LogP contribution in [-0.2, 0) is 11.3 Å². The lowest BCUT2D eigenvalue weighted by Crippen LogP contribution is -2.27. The average Bonchev–Trinajstić information content (AvgIpc) is 3.27. The molecular formula is C19H14BrClFN3O2. The Morgan fingerprint density at radius 1 is 1.26 bits per heavy atom. The molecule has 27 heavy (non-hydrogen) atoms. The van der Waals surface area contributed by atoms with Gasteiger partial charge in [0.1, 0.15) is 11.9 Å². The molecule has 2 aromatic carbocycles. The van der Waals surface area contributed by atoms with Gasteiger partial charge in [-0.3, -0.25) is 4.79 Å². The van der Waals surface area contributed by atoms with Gasteiger partial charge in [0, 0.05) is 23.0 Å². The topological polar surface area (TPSA) is 59.2 Å². The highest BCUT2D eigenvalue weighted by Crippen LogP contribution is 2.34. The van der Waals surface area contributed by atoms with Crippen LogP contribution in [0.1, 0.15) is 30.3 Å². The number of carbonyl (C=O) groups excluding carboxylic acids is 1. The van der Waals surface area contributed by atoms with Crippen LogP contribution in [0.3, 0.4) is 0 Å². The Balaban J connectivity index is 1.58. The van der Waals surface area contributed by atoms with Gasteiger partial charge in [-0.2, -0.15) is 4.98 Å². The first kappa shape index (κ1) is 18.1. The number of halogens is 3. The number of amides is 1. The molecule has 0 saturated carbocycles. The van der Waals surface area contributed by atoms with Gasteiger partial charge in [-0.25, -0.2) is 4.39 Å². The Hall–Kier alpha value is -2.25. The van der Waals surface area contributed by atoms with Gasteiger partial charge < -0.3 is 9.42 Å². The first-order chi connectivity index (χ1) is 13.0. The maximum atomic E-state index is 13.7. The number of benzene rings is 2. The third-order valence-corrected chi connectivity index (χ3v) is 5.33. The van der Waals surface area contributed by atoms with Crippen LogP contribution >= 0.6 is 27.5 Å². The molecule has 0 bridgehead atoms. The minimum Gasteiger partial charge on any atom is -0.337 e. The molecule has 3 aromatic rings. The fraction of sp³-hybridized carbons (Fsp3) is 0.211. The summed E-state index contributed by atoms with van der Waals surface area (Å²) in [6.07, 6.45) is 1.03. The van der Waals surface area contributed by atoms with Gasteiger partial charge in [0.2, 0.25) is 17.6 Å². The number of nitrogens with zero attached hydrogens (tertiary/aromatic N) is 3. The molecule has 8 heteroatoms. The third-order valence-electron chi connectivity index (χ3n) is 4.50. The van der Waals surface area contributed by atoms with Gasteiger partial charge in [0.25, 0.3) is 0 Å². The predicted molar refractivity (Wildman–Crippen MR) is 101 cm³/mol. The minimum absolute atomic E-state index is 0.0320. The molecule has 138 valence electrons. The van der Waals surface area contributed by atoms with E-state index in [-0.39, 0.29) is 22.8 Å². The van der Waals surface area contributed by atoms with Crippen molar-refractivity contribution in [1.82, 2.24) is 15.0 Å². The SMILES string of the molecule is O=C1CCC(c2nc(-c3ccc(Cl)c(F)c3)no2)N1Cc1ccc(Br)cc1. The van der Waals surface area contributed by atoms with E-state index in [1.807, 2.05) is 24.3 Å². The van der Waals surface area contributed by atoms with Crippen molar-refractivity contribution in [2.75, 3.05) is 0 Å². The zero-order valence-electron chi connectivity index (χ0n) is 14.0. The molecule has 0 N–H and O–H groups in total. The van der Waals surface area contributed by atoms with Gasteiger partial charge in [0.15, 0.2) is 0 Å². The van der Waals surface area contributed by atoms with E-state index in [9.17, 15) is 9.18 Å². The van der Waals surface area contributed by atoms with Crippen LogP contribution in [0, 0.1) is 5.82 Å². The van der Waals surface area contributed by atoms with E-state index in [2.05, 4.69) is 26.1 Å². The molecule has 5 nitrogen and oxygen atoms in total. The zero-order chi connectivity index (χ0) is 19.0. The summed E-state index contributed by atoms with van der Waals surface area (Å²) in [5.74, 6) is 0.112. The molecule has 1 saturated heterocycles. The standard InChI is InChI=1S/C19H14BrClFN3O2/c20-13-4-1-11(2-5-13)10-25-16(7-8-17(25)26)19-23-18(24-27-19)12-3-6-14(21)15(22)9-12/h1-6,9,16H,7-8,10H2. The third kappa shape index (κ3) is 3.75. The summed E-state index contributed by atoms with van der Waals surface area (Å²) in [6.45, 7) is 0.462. The van der Waals surface area contributed by atoms with Crippen molar-refractivity contribution in [3.63, 3.8) is 0 Å². The normalized spacial score (nSPS) is 16.9. The number of rotatable bonds is 4. The van der Waals surface area contributed by atoms with Crippen molar-refractivity contribution in [1.29, 1.82) is 0 Å². The first-order valence-corrected chi connectivity index (χ1v) is 9.51. The van der Waals surface area contributed by atoms with Crippen molar-refractivity contribution in [2.24, 2.45) is 0 Å². The number of hydrogen-bond donors (Lipinski definition) is 0. The quantitative estimate of drug-likeness (QED) is 0.551. The average molecular weight is 451 g/mol. The zero-order valence-corrected chi connectivity index (χ0v) is 16.4. The second kappa shape index (κ2) is 7.40. The monoisotopic (exact) mass is 449 g/mol. The van der Waals surface area contributed by atoms with Crippen LogP contribution in [0.5, 0.6) is 0 Å². The highest BCUT2D eigenvalue weighted by Gasteiger charge is 2.36. The minimum atomic E-state index is -0.548. The van der Waals surface area contributed by atoms with E-state index < -0.39 is 5.82 Å². The lowest BCUT2D eigenvalue weighted by atomic mass is 10.1. The smallest absolute Gasteiger partial charge is 0.249 e. The Morgan fingerprint density at radius 2 is 2.04 bits per heavy atom. The number of carbonyl (C=O) groups is 1. The summed E-state index contributed by atoms with van der Waals surface area (Å²) in [5, 5.41) is 3.97. The van der Waals surface area contributed by atoms with Crippen molar-refractivity contribution in [3.05, 3.63) is 69.2 Å². The molecule has 2 heterocycles. The van der Waals surface area contributed by atoms with E-state index in [0.29, 0.717) is 30.8 Å². The summed E-state index contributed by atoms with van der Waals surface area (Å²) in [5.41, 5.74) is 1.48. The maximum absolute atomic E-state index is 13.7. The van der Waals surface area contributed by atoms with Crippen molar-refractivity contribution in [2.45, 2.75) is 25.4 Å². The molecule has 1 aromatic heterocycles. The molecule has 1 unspecified atom stereocenters. The molecule has 1 atom stereocenters. The van der Waals surface area contributed by atoms with Gasteiger partial charge in [-0.15, -0.1) is 0 Å². The second-order valence-electron chi connectivity index (χ2n) is 6.29. The highest BCUT2D eigenvalue weighted by atomic mass is 79.9. The van der Waals surface area contributed by atoms with E-state index in [4.69, 9.17) is 16.1 Å². The Kier molecular flexibility index (Phi) is 4.97. The Morgan fingerprint density at radius 3 is 2.78 bits per heavy atom. The van der Waals surface area contributed by atoms with Crippen LogP contribution in [-0.4, -0.2) is 20.9 Å². The predicted octanol–water partition coefficient (Wildman–Crippen LogP) is 5.16. The van der Waals surface area contributed by atoms with Gasteiger partial charge in [0.05, 0.1) is 5.02 Å². The van der Waals surface area contributed by atoms with Gasteiger partial charge >= 0.3 is 0 Å². The van der Waals surface area contributed by atoms with E-state index in [1.165, 1.54) is 12.1 Å². The van der Waals surface area contributed by atoms with Crippen LogP contribution in [0.4, 0.5) is 4.39 Å². The summed E-state index contributed by atoms with van der Waals surface area (Å²) < 4.78 is 20.1. The largest absolute Gasteiger partial charge is 0.337 e. The van der Waals surface area contributed by atoms with Crippen LogP contribution in [0.25, 0.3) is 11.4 Å². The molecule has 0 spiro atoms. The summed E-state index contributed by atoms with van der Waals surface area (Å²) >= 11 is 9.12. The van der Waals surface area contributed by atoms with Crippen LogP contribution in [0.15, 0.2) is 51.5 Å². The molecule has 1 aliphatic rings. The molecule has 1 fully saturated rings. The molecule has 0 aliphatic carbocycles. The molecule has 1 amide bonds. The Bertz CT molecular complexity index is 993. The lowest BCUT2D eigenvalue weighted by Gasteiger charge is -2.22. The molecule has 4 rings (SSSR count). The number of aromatic nitrogens is 2. The molecule has 1 aliphatic heterocycles. The van der Waals surface area contributed by atoms with Crippen molar-refractivity contribution in [3.8, 4) is 11.4 Å².